The minimum absolute atomic E-state index is 0.000926. The van der Waals surface area contributed by atoms with Gasteiger partial charge in [0.1, 0.15) is 5.38 Å². The second-order valence-corrected chi connectivity index (χ2v) is 7.84. The van der Waals surface area contributed by atoms with E-state index in [1.165, 1.54) is 5.56 Å². The molecule has 2 N–H and O–H groups in total. The fourth-order valence-corrected chi connectivity index (χ4v) is 4.50. The monoisotopic (exact) mass is 392 g/mol. The Kier molecular flexibility index (Phi) is 5.36. The third-order valence-electron chi connectivity index (χ3n) is 5.51. The van der Waals surface area contributed by atoms with Crippen molar-refractivity contribution in [2.75, 3.05) is 31.2 Å². The summed E-state index contributed by atoms with van der Waals surface area (Å²) in [4.78, 5) is 29.3. The molecule has 2 saturated heterocycles. The number of halogens is 1. The van der Waals surface area contributed by atoms with Gasteiger partial charge >= 0.3 is 0 Å². The maximum absolute atomic E-state index is 13.0. The first-order valence-electron chi connectivity index (χ1n) is 9.47. The van der Waals surface area contributed by atoms with Crippen molar-refractivity contribution in [3.63, 3.8) is 0 Å². The molecular formula is C19H25ClN4O3. The lowest BCUT2D eigenvalue weighted by atomic mass is 10.1. The van der Waals surface area contributed by atoms with Crippen LogP contribution in [-0.2, 0) is 20.7 Å². The fraction of sp³-hybridized carbons (Fsp3) is 0.579. The van der Waals surface area contributed by atoms with Gasteiger partial charge in [-0.2, -0.15) is 0 Å². The Bertz CT molecular complexity index is 725. The Hall–Kier alpha value is -1.67. The number of ether oxygens (including phenoxy) is 1. The number of para-hydroxylation sites is 1. The third-order valence-corrected chi connectivity index (χ3v) is 5.95. The van der Waals surface area contributed by atoms with Crippen LogP contribution in [0.1, 0.15) is 18.9 Å². The molecule has 1 aromatic rings. The van der Waals surface area contributed by atoms with E-state index in [-0.39, 0.29) is 30.4 Å². The van der Waals surface area contributed by atoms with E-state index in [4.69, 9.17) is 16.3 Å². The zero-order chi connectivity index (χ0) is 19.0. The largest absolute Gasteiger partial charge is 0.379 e. The predicted molar refractivity (Wildman–Crippen MR) is 103 cm³/mol. The van der Waals surface area contributed by atoms with Crippen LogP contribution in [0.3, 0.4) is 0 Å². The van der Waals surface area contributed by atoms with E-state index in [0.717, 1.165) is 12.1 Å². The Labute approximate surface area is 164 Å². The lowest BCUT2D eigenvalue weighted by Gasteiger charge is -2.42. The summed E-state index contributed by atoms with van der Waals surface area (Å²) >= 11 is 6.33. The van der Waals surface area contributed by atoms with Crippen LogP contribution in [-0.4, -0.2) is 66.8 Å². The van der Waals surface area contributed by atoms with Gasteiger partial charge in [0.2, 0.25) is 11.8 Å². The molecule has 4 atom stereocenters. The third kappa shape index (κ3) is 3.69. The van der Waals surface area contributed by atoms with Gasteiger partial charge in [-0.25, -0.2) is 0 Å². The highest BCUT2D eigenvalue weighted by atomic mass is 35.5. The molecule has 0 bridgehead atoms. The number of hydrogen-bond donors (Lipinski definition) is 2. The number of fused-ring (bicyclic) bond motifs is 1. The van der Waals surface area contributed by atoms with Crippen LogP contribution >= 0.6 is 11.6 Å². The Balaban J connectivity index is 1.45. The summed E-state index contributed by atoms with van der Waals surface area (Å²) in [7, 11) is 0. The van der Waals surface area contributed by atoms with Crippen molar-refractivity contribution in [2.24, 2.45) is 0 Å². The van der Waals surface area contributed by atoms with E-state index in [0.29, 0.717) is 26.3 Å². The Morgan fingerprint density at radius 2 is 2.04 bits per heavy atom. The lowest BCUT2D eigenvalue weighted by Crippen LogP contribution is -2.69. The molecule has 2 amide bonds. The highest BCUT2D eigenvalue weighted by Crippen LogP contribution is 2.32. The van der Waals surface area contributed by atoms with E-state index < -0.39 is 11.5 Å². The first-order valence-corrected chi connectivity index (χ1v) is 9.90. The van der Waals surface area contributed by atoms with Gasteiger partial charge in [0.25, 0.3) is 0 Å². The van der Waals surface area contributed by atoms with Crippen LogP contribution < -0.4 is 15.5 Å². The molecule has 3 aliphatic heterocycles. The second-order valence-electron chi connectivity index (χ2n) is 7.37. The molecule has 0 radical (unpaired) electrons. The van der Waals surface area contributed by atoms with Crippen LogP contribution in [0.4, 0.5) is 5.69 Å². The molecule has 3 aliphatic rings. The van der Waals surface area contributed by atoms with Crippen molar-refractivity contribution in [2.45, 2.75) is 43.5 Å². The van der Waals surface area contributed by atoms with Gasteiger partial charge in [0, 0.05) is 24.8 Å². The topological polar surface area (TPSA) is 73.9 Å². The summed E-state index contributed by atoms with van der Waals surface area (Å²) in [6.45, 7) is 4.72. The molecule has 0 saturated carbocycles. The van der Waals surface area contributed by atoms with Gasteiger partial charge in [-0.05, 0) is 25.0 Å². The molecule has 7 nitrogen and oxygen atoms in total. The summed E-state index contributed by atoms with van der Waals surface area (Å²) in [6, 6.07) is 8.10. The number of amides is 2. The number of hydrogen-bond acceptors (Lipinski definition) is 5. The molecule has 0 aromatic heterocycles. The van der Waals surface area contributed by atoms with Gasteiger partial charge in [-0.1, -0.05) is 18.2 Å². The molecule has 4 rings (SSSR count). The number of morpholine rings is 1. The number of rotatable bonds is 3. The second kappa shape index (κ2) is 7.75. The highest BCUT2D eigenvalue weighted by molar-refractivity contribution is 6.31. The van der Waals surface area contributed by atoms with E-state index in [1.807, 2.05) is 23.1 Å². The minimum atomic E-state index is -0.694. The lowest BCUT2D eigenvalue weighted by molar-refractivity contribution is -0.128. The highest BCUT2D eigenvalue weighted by Gasteiger charge is 2.40. The van der Waals surface area contributed by atoms with Gasteiger partial charge in [-0.15, -0.1) is 11.6 Å². The van der Waals surface area contributed by atoms with Crippen LogP contribution in [0.2, 0.25) is 0 Å². The van der Waals surface area contributed by atoms with Crippen molar-refractivity contribution in [3.8, 4) is 0 Å². The van der Waals surface area contributed by atoms with Crippen molar-refractivity contribution < 1.29 is 14.3 Å². The number of carbonyl (C=O) groups excluding carboxylic acids is 2. The number of nitrogens with one attached hydrogen (secondary N) is 2. The molecule has 0 aliphatic carbocycles. The number of nitrogens with zero attached hydrogens (tertiary/aromatic N) is 2. The van der Waals surface area contributed by atoms with E-state index in [1.54, 1.807) is 0 Å². The summed E-state index contributed by atoms with van der Waals surface area (Å²) in [5, 5.41) is 5.50. The Morgan fingerprint density at radius 3 is 2.81 bits per heavy atom. The molecule has 146 valence electrons. The van der Waals surface area contributed by atoms with E-state index in [9.17, 15) is 9.59 Å². The molecule has 3 unspecified atom stereocenters. The van der Waals surface area contributed by atoms with Crippen molar-refractivity contribution >= 4 is 29.1 Å². The number of anilines is 1. The fourth-order valence-electron chi connectivity index (χ4n) is 4.20. The van der Waals surface area contributed by atoms with Crippen LogP contribution in [0.5, 0.6) is 0 Å². The number of benzene rings is 1. The standard InChI is InChI=1S/C19H25ClN4O3/c1-12-10-13-4-2-3-5-14(13)24(12)16(25)11-15-21-18(17(20)19(26)22-15)23-6-8-27-9-7-23/h2-5,12,15,17-18,21H,6-11H2,1H3,(H,22,26)/t12-,15?,17?,18?/m0/s1. The minimum Gasteiger partial charge on any atom is -0.379 e. The number of alkyl halides is 1. The summed E-state index contributed by atoms with van der Waals surface area (Å²) in [5.74, 6) is -0.237. The van der Waals surface area contributed by atoms with Gasteiger partial charge < -0.3 is 15.0 Å². The van der Waals surface area contributed by atoms with Gasteiger partial charge in [-0.3, -0.25) is 19.8 Å². The van der Waals surface area contributed by atoms with Crippen molar-refractivity contribution in [1.29, 1.82) is 0 Å². The maximum atomic E-state index is 13.0. The van der Waals surface area contributed by atoms with Gasteiger partial charge in [0.15, 0.2) is 0 Å². The van der Waals surface area contributed by atoms with E-state index in [2.05, 4.69) is 28.5 Å². The molecule has 27 heavy (non-hydrogen) atoms. The van der Waals surface area contributed by atoms with E-state index >= 15 is 0 Å². The molecular weight excluding hydrogens is 368 g/mol. The van der Waals surface area contributed by atoms with Crippen LogP contribution in [0.15, 0.2) is 24.3 Å². The Morgan fingerprint density at radius 1 is 1.30 bits per heavy atom. The maximum Gasteiger partial charge on any atom is 0.242 e. The van der Waals surface area contributed by atoms with Crippen LogP contribution in [0, 0.1) is 0 Å². The summed E-state index contributed by atoms with van der Waals surface area (Å²) in [5.41, 5.74) is 2.16. The molecule has 1 aromatic carbocycles. The normalized spacial score (nSPS) is 31.5. The average molecular weight is 393 g/mol. The quantitative estimate of drug-likeness (QED) is 0.739. The number of carbonyl (C=O) groups is 2. The average Bonchev–Trinajstić information content (AvgIpc) is 3.01. The van der Waals surface area contributed by atoms with Crippen molar-refractivity contribution in [1.82, 2.24) is 15.5 Å². The molecule has 8 heteroatoms. The zero-order valence-electron chi connectivity index (χ0n) is 15.4. The van der Waals surface area contributed by atoms with Gasteiger partial charge in [0.05, 0.1) is 32.0 Å². The van der Waals surface area contributed by atoms with Crippen LogP contribution in [0.25, 0.3) is 0 Å². The molecule has 3 heterocycles. The molecule has 0 spiro atoms. The SMILES string of the molecule is C[C@H]1Cc2ccccc2N1C(=O)CC1NC(=O)C(Cl)C(N2CCOCC2)N1. The smallest absolute Gasteiger partial charge is 0.242 e. The summed E-state index contributed by atoms with van der Waals surface area (Å²) in [6.07, 6.45) is 0.305. The first kappa shape index (κ1) is 18.7. The predicted octanol–water partition coefficient (Wildman–Crippen LogP) is 0.666. The van der Waals surface area contributed by atoms with Crippen molar-refractivity contribution in [3.05, 3.63) is 29.8 Å². The summed E-state index contributed by atoms with van der Waals surface area (Å²) < 4.78 is 5.38. The first-order chi connectivity index (χ1) is 13.0. The zero-order valence-corrected chi connectivity index (χ0v) is 16.1. The molecule has 2 fully saturated rings.